The first-order valence-corrected chi connectivity index (χ1v) is 7.84. The Hall–Kier alpha value is -0.570. The molecule has 2 aliphatic rings. The molecule has 0 bridgehead atoms. The van der Waals surface area contributed by atoms with Crippen LogP contribution in [0.15, 0.2) is 0 Å². The van der Waals surface area contributed by atoms with Gasteiger partial charge in [0, 0.05) is 22.9 Å². The van der Waals surface area contributed by atoms with Crippen LogP contribution in [-0.2, 0) is 4.79 Å². The van der Waals surface area contributed by atoms with Gasteiger partial charge in [0.1, 0.15) is 0 Å². The van der Waals surface area contributed by atoms with E-state index in [1.807, 2.05) is 0 Å². The molecule has 0 heterocycles. The summed E-state index contributed by atoms with van der Waals surface area (Å²) in [5.41, 5.74) is 5.99. The van der Waals surface area contributed by atoms with Crippen LogP contribution in [0.25, 0.3) is 0 Å². The van der Waals surface area contributed by atoms with Crippen molar-refractivity contribution in [2.45, 2.75) is 78.3 Å². The zero-order valence-electron chi connectivity index (χ0n) is 13.0. The predicted octanol–water partition coefficient (Wildman–Crippen LogP) is 2.83. The van der Waals surface area contributed by atoms with E-state index in [2.05, 4.69) is 33.0 Å². The van der Waals surface area contributed by atoms with Crippen LogP contribution in [0.5, 0.6) is 0 Å². The maximum absolute atomic E-state index is 12.7. The minimum Gasteiger partial charge on any atom is -0.352 e. The molecule has 110 valence electrons. The molecule has 0 radical (unpaired) electrons. The topological polar surface area (TPSA) is 55.1 Å². The number of hydrogen-bond acceptors (Lipinski definition) is 2. The highest BCUT2D eigenvalue weighted by Gasteiger charge is 2.49. The van der Waals surface area contributed by atoms with Crippen molar-refractivity contribution in [3.63, 3.8) is 0 Å². The number of nitrogens with one attached hydrogen (secondary N) is 1. The lowest BCUT2D eigenvalue weighted by Gasteiger charge is -2.51. The molecule has 3 nitrogen and oxygen atoms in total. The van der Waals surface area contributed by atoms with Crippen LogP contribution in [0.3, 0.4) is 0 Å². The van der Waals surface area contributed by atoms with Crippen molar-refractivity contribution in [2.75, 3.05) is 0 Å². The largest absolute Gasteiger partial charge is 0.352 e. The van der Waals surface area contributed by atoms with Crippen LogP contribution >= 0.6 is 0 Å². The van der Waals surface area contributed by atoms with Crippen LogP contribution in [0.2, 0.25) is 0 Å². The summed E-state index contributed by atoms with van der Waals surface area (Å²) in [6, 6.07) is 0.488. The normalized spacial score (nSPS) is 32.1. The molecule has 3 heteroatoms. The average Bonchev–Trinajstić information content (AvgIpc) is 2.77. The van der Waals surface area contributed by atoms with Gasteiger partial charge in [0.15, 0.2) is 0 Å². The average molecular weight is 266 g/mol. The second kappa shape index (κ2) is 5.08. The van der Waals surface area contributed by atoms with E-state index in [0.717, 1.165) is 25.7 Å². The fourth-order valence-corrected chi connectivity index (χ4v) is 3.87. The van der Waals surface area contributed by atoms with E-state index in [-0.39, 0.29) is 22.9 Å². The van der Waals surface area contributed by atoms with E-state index in [0.29, 0.717) is 11.8 Å². The Kier molecular flexibility index (Phi) is 3.97. The molecular formula is C16H30N2O. The molecule has 0 aromatic carbocycles. The molecule has 2 fully saturated rings. The lowest BCUT2D eigenvalue weighted by molar-refractivity contribution is -0.135. The Balaban J connectivity index is 2.01. The number of amides is 1. The van der Waals surface area contributed by atoms with Crippen LogP contribution in [0.1, 0.15) is 66.2 Å². The van der Waals surface area contributed by atoms with Crippen molar-refractivity contribution >= 4 is 5.91 Å². The smallest absolute Gasteiger partial charge is 0.226 e. The summed E-state index contributed by atoms with van der Waals surface area (Å²) in [4.78, 5) is 12.7. The molecule has 0 saturated heterocycles. The molecule has 2 aliphatic carbocycles. The number of carbonyl (C=O) groups excluding carboxylic acids is 1. The van der Waals surface area contributed by atoms with E-state index in [9.17, 15) is 4.79 Å². The maximum atomic E-state index is 12.7. The number of nitrogens with two attached hydrogens (primary N) is 1. The van der Waals surface area contributed by atoms with Gasteiger partial charge in [-0.3, -0.25) is 4.79 Å². The number of rotatable bonds is 4. The highest BCUT2D eigenvalue weighted by Crippen LogP contribution is 2.45. The molecule has 0 spiro atoms. The van der Waals surface area contributed by atoms with Crippen LogP contribution < -0.4 is 11.1 Å². The molecule has 19 heavy (non-hydrogen) atoms. The minimum absolute atomic E-state index is 0.0489. The fourth-order valence-electron chi connectivity index (χ4n) is 3.87. The van der Waals surface area contributed by atoms with Crippen molar-refractivity contribution in [2.24, 2.45) is 22.5 Å². The summed E-state index contributed by atoms with van der Waals surface area (Å²) in [5.74, 6) is 0.879. The molecule has 0 aromatic heterocycles. The summed E-state index contributed by atoms with van der Waals surface area (Å²) >= 11 is 0. The summed E-state index contributed by atoms with van der Waals surface area (Å²) in [5, 5.41) is 3.31. The van der Waals surface area contributed by atoms with Gasteiger partial charge in [0.25, 0.3) is 0 Å². The van der Waals surface area contributed by atoms with Crippen LogP contribution in [0.4, 0.5) is 0 Å². The highest BCUT2D eigenvalue weighted by molar-refractivity contribution is 5.83. The third kappa shape index (κ3) is 2.67. The SMILES string of the molecule is CC(C)CC1(C(=O)NC2CC(N)C2(C)C)CCCC1. The van der Waals surface area contributed by atoms with Crippen molar-refractivity contribution in [3.8, 4) is 0 Å². The molecule has 2 unspecified atom stereocenters. The summed E-state index contributed by atoms with van der Waals surface area (Å²) in [6.45, 7) is 8.76. The zero-order valence-corrected chi connectivity index (χ0v) is 13.0. The maximum Gasteiger partial charge on any atom is 0.226 e. The van der Waals surface area contributed by atoms with Crippen LogP contribution in [0, 0.1) is 16.7 Å². The highest BCUT2D eigenvalue weighted by atomic mass is 16.2. The first kappa shape index (κ1) is 14.8. The first-order valence-electron chi connectivity index (χ1n) is 7.84. The lowest BCUT2D eigenvalue weighted by Crippen LogP contribution is -2.65. The molecule has 2 atom stereocenters. The third-order valence-corrected chi connectivity index (χ3v) is 5.49. The lowest BCUT2D eigenvalue weighted by atomic mass is 9.63. The monoisotopic (exact) mass is 266 g/mol. The Morgan fingerprint density at radius 1 is 1.32 bits per heavy atom. The predicted molar refractivity (Wildman–Crippen MR) is 78.7 cm³/mol. The summed E-state index contributed by atoms with van der Waals surface area (Å²) in [7, 11) is 0. The van der Waals surface area contributed by atoms with Crippen molar-refractivity contribution < 1.29 is 4.79 Å². The number of carbonyl (C=O) groups is 1. The standard InChI is InChI=1S/C16H30N2O/c1-11(2)10-16(7-5-6-8-16)14(19)18-13-9-12(17)15(13,3)4/h11-13H,5-10,17H2,1-4H3,(H,18,19). The van der Waals surface area contributed by atoms with Crippen molar-refractivity contribution in [1.29, 1.82) is 0 Å². The summed E-state index contributed by atoms with van der Waals surface area (Å²) in [6.07, 6.45) is 6.49. The Labute approximate surface area is 117 Å². The Morgan fingerprint density at radius 2 is 1.89 bits per heavy atom. The van der Waals surface area contributed by atoms with Gasteiger partial charge in [-0.15, -0.1) is 0 Å². The van der Waals surface area contributed by atoms with Gasteiger partial charge < -0.3 is 11.1 Å². The molecule has 0 aliphatic heterocycles. The quantitative estimate of drug-likeness (QED) is 0.822. The van der Waals surface area contributed by atoms with Crippen molar-refractivity contribution in [1.82, 2.24) is 5.32 Å². The van der Waals surface area contributed by atoms with E-state index in [1.165, 1.54) is 12.8 Å². The first-order chi connectivity index (χ1) is 8.78. The fraction of sp³-hybridized carbons (Fsp3) is 0.938. The molecular weight excluding hydrogens is 236 g/mol. The molecule has 1 amide bonds. The van der Waals surface area contributed by atoms with Gasteiger partial charge in [-0.1, -0.05) is 40.5 Å². The van der Waals surface area contributed by atoms with Gasteiger partial charge in [0.05, 0.1) is 0 Å². The second-order valence-corrected chi connectivity index (χ2v) is 7.78. The molecule has 2 saturated carbocycles. The second-order valence-electron chi connectivity index (χ2n) is 7.78. The van der Waals surface area contributed by atoms with Gasteiger partial charge in [-0.2, -0.15) is 0 Å². The van der Waals surface area contributed by atoms with Gasteiger partial charge in [-0.05, 0) is 31.6 Å². The van der Waals surface area contributed by atoms with Gasteiger partial charge in [-0.25, -0.2) is 0 Å². The molecule has 3 N–H and O–H groups in total. The summed E-state index contributed by atoms with van der Waals surface area (Å²) < 4.78 is 0. The minimum atomic E-state index is -0.0933. The number of hydrogen-bond donors (Lipinski definition) is 2. The molecule has 0 aromatic rings. The molecule has 2 rings (SSSR count). The zero-order chi connectivity index (χ0) is 14.3. The van der Waals surface area contributed by atoms with E-state index in [1.54, 1.807) is 0 Å². The van der Waals surface area contributed by atoms with Gasteiger partial charge in [0.2, 0.25) is 5.91 Å². The van der Waals surface area contributed by atoms with Gasteiger partial charge >= 0.3 is 0 Å². The third-order valence-electron chi connectivity index (χ3n) is 5.49. The van der Waals surface area contributed by atoms with E-state index < -0.39 is 0 Å². The Bertz CT molecular complexity index is 343. The Morgan fingerprint density at radius 3 is 2.32 bits per heavy atom. The van der Waals surface area contributed by atoms with E-state index in [4.69, 9.17) is 5.73 Å². The van der Waals surface area contributed by atoms with E-state index >= 15 is 0 Å². The van der Waals surface area contributed by atoms with Crippen molar-refractivity contribution in [3.05, 3.63) is 0 Å². The van der Waals surface area contributed by atoms with Crippen LogP contribution in [-0.4, -0.2) is 18.0 Å².